The third kappa shape index (κ3) is 50.7. The van der Waals surface area contributed by atoms with Gasteiger partial charge in [-0.3, -0.25) is 19.2 Å². The molecule has 0 saturated heterocycles. The van der Waals surface area contributed by atoms with Crippen LogP contribution in [0.5, 0.6) is 0 Å². The second kappa shape index (κ2) is 58.9. The van der Waals surface area contributed by atoms with E-state index in [0.29, 0.717) is 122 Å². The molecular formula is C65H124N8O9. The number of hydrogen-bond donors (Lipinski definition) is 4. The molecule has 0 radical (unpaired) electrons. The number of nitrogens with one attached hydrogen (secondary N) is 3. The van der Waals surface area contributed by atoms with Gasteiger partial charge in [0.05, 0.1) is 52.1 Å². The van der Waals surface area contributed by atoms with Gasteiger partial charge < -0.3 is 49.8 Å². The fourth-order valence-electron chi connectivity index (χ4n) is 9.70. The molecule has 1 heterocycles. The van der Waals surface area contributed by atoms with Gasteiger partial charge in [0.1, 0.15) is 0 Å². The van der Waals surface area contributed by atoms with Crippen molar-refractivity contribution in [1.29, 1.82) is 0 Å². The smallest absolute Gasteiger partial charge is 0.307 e. The van der Waals surface area contributed by atoms with Gasteiger partial charge in [-0.2, -0.15) is 15.0 Å². The third-order valence-electron chi connectivity index (χ3n) is 14.9. The molecule has 0 aromatic carbocycles. The van der Waals surface area contributed by atoms with Crippen molar-refractivity contribution in [3.8, 4) is 0 Å². The molecule has 0 unspecified atom stereocenters. The number of aliphatic hydroxyl groups excluding tert-OH is 1. The Bertz CT molecular complexity index is 1450. The van der Waals surface area contributed by atoms with Gasteiger partial charge in [0.2, 0.25) is 17.8 Å². The summed E-state index contributed by atoms with van der Waals surface area (Å²) < 4.78 is 22.5. The first-order valence-electron chi connectivity index (χ1n) is 33.9. The summed E-state index contributed by atoms with van der Waals surface area (Å²) in [4.78, 5) is 69.7. The van der Waals surface area contributed by atoms with Gasteiger partial charge in [-0.05, 0) is 64.5 Å². The molecule has 0 bridgehead atoms. The van der Waals surface area contributed by atoms with E-state index in [4.69, 9.17) is 23.9 Å². The zero-order chi connectivity index (χ0) is 59.5. The van der Waals surface area contributed by atoms with Crippen LogP contribution in [-0.4, -0.2) is 146 Å². The van der Waals surface area contributed by atoms with Gasteiger partial charge in [0, 0.05) is 52.4 Å². The highest BCUT2D eigenvalue weighted by molar-refractivity contribution is 5.71. The summed E-state index contributed by atoms with van der Waals surface area (Å²) in [5.41, 5.74) is 0. The normalized spacial score (nSPS) is 11.4. The maximum atomic E-state index is 12.8. The highest BCUT2D eigenvalue weighted by Crippen LogP contribution is 2.15. The van der Waals surface area contributed by atoms with Gasteiger partial charge in [-0.1, -0.05) is 207 Å². The SMILES string of the molecule is CCCCCCCCCCOC(=O)CCN(CCCNc1nc(NCCCCO)nc(NCCCN(CCC(=O)OCCCCCCCCCC)CCC(=O)OCCCCCCCCCC)n1)CCC(=O)OCCCCCCCCCC. The summed E-state index contributed by atoms with van der Waals surface area (Å²) in [5.74, 6) is 0.360. The van der Waals surface area contributed by atoms with Gasteiger partial charge in [-0.25, -0.2) is 0 Å². The number of carbonyl (C=O) groups is 4. The van der Waals surface area contributed by atoms with E-state index in [1.165, 1.54) is 154 Å². The van der Waals surface area contributed by atoms with Crippen LogP contribution in [0.1, 0.15) is 285 Å². The molecule has 0 atom stereocenters. The first-order valence-corrected chi connectivity index (χ1v) is 33.9. The lowest BCUT2D eigenvalue weighted by molar-refractivity contribution is -0.146. The van der Waals surface area contributed by atoms with Crippen molar-refractivity contribution in [3.63, 3.8) is 0 Å². The average molecular weight is 1160 g/mol. The molecule has 0 aliphatic rings. The number of carbonyl (C=O) groups excluding carboxylic acids is 4. The summed E-state index contributed by atoms with van der Waals surface area (Å²) in [6.45, 7) is 15.6. The van der Waals surface area contributed by atoms with Crippen LogP contribution >= 0.6 is 0 Å². The van der Waals surface area contributed by atoms with E-state index in [-0.39, 0.29) is 56.2 Å². The number of hydrogen-bond acceptors (Lipinski definition) is 17. The maximum Gasteiger partial charge on any atom is 0.307 e. The average Bonchev–Trinajstić information content (AvgIpc) is 3.48. The fraction of sp³-hybridized carbons (Fsp3) is 0.892. The summed E-state index contributed by atoms with van der Waals surface area (Å²) in [7, 11) is 0. The van der Waals surface area contributed by atoms with Crippen LogP contribution < -0.4 is 16.0 Å². The van der Waals surface area contributed by atoms with Crippen LogP contribution in [-0.2, 0) is 38.1 Å². The minimum absolute atomic E-state index is 0.106. The Morgan fingerprint density at radius 1 is 0.317 bits per heavy atom. The quantitative estimate of drug-likeness (QED) is 0.0272. The molecule has 17 nitrogen and oxygen atoms in total. The van der Waals surface area contributed by atoms with Crippen molar-refractivity contribution in [2.24, 2.45) is 0 Å². The molecule has 4 N–H and O–H groups in total. The molecule has 0 spiro atoms. The molecule has 0 aliphatic heterocycles. The van der Waals surface area contributed by atoms with Gasteiger partial charge in [-0.15, -0.1) is 0 Å². The highest BCUT2D eigenvalue weighted by atomic mass is 16.5. The third-order valence-corrected chi connectivity index (χ3v) is 14.9. The number of aliphatic hydroxyl groups is 1. The molecule has 1 aromatic heterocycles. The molecule has 478 valence electrons. The predicted molar refractivity (Wildman–Crippen MR) is 336 cm³/mol. The van der Waals surface area contributed by atoms with Gasteiger partial charge in [0.25, 0.3) is 0 Å². The van der Waals surface area contributed by atoms with E-state index in [0.717, 1.165) is 57.8 Å². The van der Waals surface area contributed by atoms with E-state index in [9.17, 15) is 24.3 Å². The molecule has 17 heteroatoms. The monoisotopic (exact) mass is 1160 g/mol. The Balaban J connectivity index is 2.89. The van der Waals surface area contributed by atoms with Crippen LogP contribution in [0.3, 0.4) is 0 Å². The van der Waals surface area contributed by atoms with Crippen molar-refractivity contribution >= 4 is 41.7 Å². The van der Waals surface area contributed by atoms with Crippen LogP contribution in [0.4, 0.5) is 17.8 Å². The van der Waals surface area contributed by atoms with Crippen LogP contribution in [0, 0.1) is 0 Å². The molecule has 0 saturated carbocycles. The lowest BCUT2D eigenvalue weighted by atomic mass is 10.1. The van der Waals surface area contributed by atoms with Crippen LogP contribution in [0.25, 0.3) is 0 Å². The standard InChI is InChI=1S/C65H124N8O9/c1-5-9-13-17-21-25-29-35-55-79-59(75)41-50-72(51-42-60(76)80-56-36-30-26-22-18-14-10-6-2)48-39-46-67-64-69-63(66-45-33-34-54-74)70-65(71-64)68-47-40-49-73(52-43-61(77)81-57-37-31-27-23-19-15-11-7-3)53-44-62(78)82-58-38-32-28-24-20-16-12-8-4/h74H,5-58H2,1-4H3,(H3,66,67,68,69,70,71). The predicted octanol–water partition coefficient (Wildman–Crippen LogP) is 14.6. The number of unbranched alkanes of at least 4 members (excludes halogenated alkanes) is 29. The van der Waals surface area contributed by atoms with Crippen molar-refractivity contribution in [2.45, 2.75) is 285 Å². The topological polar surface area (TPSA) is 207 Å². The molecule has 1 rings (SSSR count). The molecule has 82 heavy (non-hydrogen) atoms. The first kappa shape index (κ1) is 76.2. The van der Waals surface area contributed by atoms with Crippen molar-refractivity contribution < 1.29 is 43.2 Å². The van der Waals surface area contributed by atoms with Crippen molar-refractivity contribution in [3.05, 3.63) is 0 Å². The lowest BCUT2D eigenvalue weighted by Gasteiger charge is -2.22. The Morgan fingerprint density at radius 3 is 0.793 bits per heavy atom. The van der Waals surface area contributed by atoms with Crippen molar-refractivity contribution in [1.82, 2.24) is 24.8 Å². The van der Waals surface area contributed by atoms with Crippen LogP contribution in [0.2, 0.25) is 0 Å². The minimum atomic E-state index is -0.214. The second-order valence-corrected chi connectivity index (χ2v) is 22.7. The fourth-order valence-corrected chi connectivity index (χ4v) is 9.70. The van der Waals surface area contributed by atoms with Crippen LogP contribution in [0.15, 0.2) is 0 Å². The molecule has 0 amide bonds. The number of aromatic nitrogens is 3. The van der Waals surface area contributed by atoms with Gasteiger partial charge in [0.15, 0.2) is 0 Å². The van der Waals surface area contributed by atoms with E-state index < -0.39 is 0 Å². The number of nitrogens with zero attached hydrogens (tertiary/aromatic N) is 5. The summed E-state index contributed by atoms with van der Waals surface area (Å²) in [5, 5.41) is 19.4. The zero-order valence-corrected chi connectivity index (χ0v) is 53.1. The van der Waals surface area contributed by atoms with E-state index >= 15 is 0 Å². The Kier molecular flexibility index (Phi) is 54.7. The Hall–Kier alpha value is -3.83. The zero-order valence-electron chi connectivity index (χ0n) is 53.1. The Labute approximate surface area is 500 Å². The number of esters is 4. The largest absolute Gasteiger partial charge is 0.466 e. The van der Waals surface area contributed by atoms with E-state index in [2.05, 4.69) is 63.4 Å². The highest BCUT2D eigenvalue weighted by Gasteiger charge is 2.16. The first-order chi connectivity index (χ1) is 40.2. The van der Waals surface area contributed by atoms with E-state index in [1.54, 1.807) is 0 Å². The summed E-state index contributed by atoms with van der Waals surface area (Å²) in [6, 6.07) is 0. The summed E-state index contributed by atoms with van der Waals surface area (Å²) >= 11 is 0. The number of ether oxygens (including phenoxy) is 4. The summed E-state index contributed by atoms with van der Waals surface area (Å²) in [6.07, 6.45) is 41.6. The molecule has 1 aromatic rings. The molecule has 0 aliphatic carbocycles. The van der Waals surface area contributed by atoms with Crippen molar-refractivity contribution in [2.75, 3.05) is 108 Å². The second-order valence-electron chi connectivity index (χ2n) is 22.7. The lowest BCUT2D eigenvalue weighted by Crippen LogP contribution is -2.32. The molecular weight excluding hydrogens is 1040 g/mol. The van der Waals surface area contributed by atoms with Gasteiger partial charge >= 0.3 is 23.9 Å². The maximum absolute atomic E-state index is 12.8. The van der Waals surface area contributed by atoms with E-state index in [1.807, 2.05) is 0 Å². The number of rotatable bonds is 63. The molecule has 0 fully saturated rings. The number of anilines is 3. The Morgan fingerprint density at radius 2 is 0.549 bits per heavy atom. The minimum Gasteiger partial charge on any atom is -0.466 e.